The van der Waals surface area contributed by atoms with Crippen LogP contribution in [0.3, 0.4) is 0 Å². The monoisotopic (exact) mass is 266 g/mol. The van der Waals surface area contributed by atoms with Gasteiger partial charge in [0.05, 0.1) is 4.92 Å². The highest BCUT2D eigenvalue weighted by atomic mass is 32.2. The average Bonchev–Trinajstić information content (AvgIpc) is 2.79. The number of nitrogens with zero attached hydrogens (tertiary/aromatic N) is 1. The molecule has 18 heavy (non-hydrogen) atoms. The van der Waals surface area contributed by atoms with Crippen molar-refractivity contribution in [3.05, 3.63) is 33.9 Å². The molecule has 0 aliphatic heterocycles. The zero-order chi connectivity index (χ0) is 13.1. The van der Waals surface area contributed by atoms with Gasteiger partial charge < -0.3 is 5.32 Å². The normalized spacial score (nSPS) is 23.0. The largest absolute Gasteiger partial charge is 0.382 e. The number of nitrogens with one attached hydrogen (secondary N) is 1. The Hall–Kier alpha value is -1.23. The van der Waals surface area contributed by atoms with Gasteiger partial charge in [-0.15, -0.1) is 0 Å². The van der Waals surface area contributed by atoms with Crippen LogP contribution in [0.1, 0.15) is 24.8 Å². The number of nitro benzene ring substituents is 1. The summed E-state index contributed by atoms with van der Waals surface area (Å²) in [4.78, 5) is 10.3. The number of hydrogen-bond acceptors (Lipinski definition) is 4. The minimum atomic E-state index is -0.351. The summed E-state index contributed by atoms with van der Waals surface area (Å²) in [6.45, 7) is 1.91. The molecule has 1 aromatic rings. The lowest BCUT2D eigenvalue weighted by atomic mass is 10.1. The first-order chi connectivity index (χ1) is 8.60. The van der Waals surface area contributed by atoms with E-state index in [0.29, 0.717) is 6.04 Å². The van der Waals surface area contributed by atoms with E-state index in [1.54, 1.807) is 12.1 Å². The number of non-ortho nitro benzene ring substituents is 1. The molecule has 2 rings (SSSR count). The van der Waals surface area contributed by atoms with Crippen LogP contribution in [-0.4, -0.2) is 22.5 Å². The van der Waals surface area contributed by atoms with Crippen LogP contribution in [0.5, 0.6) is 0 Å². The molecule has 1 aromatic carbocycles. The quantitative estimate of drug-likeness (QED) is 0.668. The molecular weight excluding hydrogens is 248 g/mol. The van der Waals surface area contributed by atoms with Crippen molar-refractivity contribution in [3.63, 3.8) is 0 Å². The van der Waals surface area contributed by atoms with E-state index in [1.807, 2.05) is 24.8 Å². The van der Waals surface area contributed by atoms with Crippen molar-refractivity contribution in [2.75, 3.05) is 11.6 Å². The van der Waals surface area contributed by atoms with Crippen LogP contribution in [0, 0.1) is 17.0 Å². The lowest BCUT2D eigenvalue weighted by molar-refractivity contribution is -0.384. The van der Waals surface area contributed by atoms with Crippen molar-refractivity contribution in [1.29, 1.82) is 0 Å². The van der Waals surface area contributed by atoms with E-state index < -0.39 is 0 Å². The van der Waals surface area contributed by atoms with Crippen LogP contribution in [0.4, 0.5) is 11.4 Å². The molecule has 1 saturated carbocycles. The molecule has 0 aromatic heterocycles. The van der Waals surface area contributed by atoms with E-state index in [-0.39, 0.29) is 10.6 Å². The number of rotatable bonds is 4. The Morgan fingerprint density at radius 3 is 2.78 bits per heavy atom. The van der Waals surface area contributed by atoms with Crippen molar-refractivity contribution in [2.45, 2.75) is 37.5 Å². The highest BCUT2D eigenvalue weighted by Gasteiger charge is 2.24. The lowest BCUT2D eigenvalue weighted by Gasteiger charge is -2.16. The summed E-state index contributed by atoms with van der Waals surface area (Å²) < 4.78 is 0. The molecule has 0 amide bonds. The number of anilines is 1. The van der Waals surface area contributed by atoms with Gasteiger partial charge in [-0.2, -0.15) is 11.8 Å². The van der Waals surface area contributed by atoms with Crippen LogP contribution in [0.15, 0.2) is 18.2 Å². The first-order valence-corrected chi connectivity index (χ1v) is 7.43. The smallest absolute Gasteiger partial charge is 0.269 e. The van der Waals surface area contributed by atoms with Gasteiger partial charge in [0.25, 0.3) is 5.69 Å². The fourth-order valence-electron chi connectivity index (χ4n) is 2.43. The van der Waals surface area contributed by atoms with Crippen molar-refractivity contribution in [3.8, 4) is 0 Å². The summed E-state index contributed by atoms with van der Waals surface area (Å²) in [5.74, 6) is 0. The van der Waals surface area contributed by atoms with Gasteiger partial charge in [0.2, 0.25) is 0 Å². The third-order valence-corrected chi connectivity index (χ3v) is 4.59. The second-order valence-electron chi connectivity index (χ2n) is 4.77. The third-order valence-electron chi connectivity index (χ3n) is 3.50. The molecule has 1 aliphatic rings. The van der Waals surface area contributed by atoms with Crippen LogP contribution in [0.2, 0.25) is 0 Å². The fourth-order valence-corrected chi connectivity index (χ4v) is 3.23. The van der Waals surface area contributed by atoms with Gasteiger partial charge in [0.15, 0.2) is 0 Å². The summed E-state index contributed by atoms with van der Waals surface area (Å²) in [6.07, 6.45) is 5.77. The Balaban J connectivity index is 2.04. The van der Waals surface area contributed by atoms with Crippen molar-refractivity contribution < 1.29 is 4.92 Å². The van der Waals surface area contributed by atoms with Crippen LogP contribution in [-0.2, 0) is 0 Å². The zero-order valence-corrected chi connectivity index (χ0v) is 11.5. The highest BCUT2D eigenvalue weighted by Crippen LogP contribution is 2.31. The van der Waals surface area contributed by atoms with Gasteiger partial charge in [0, 0.05) is 29.1 Å². The summed E-state index contributed by atoms with van der Waals surface area (Å²) in [7, 11) is 0. The Bertz CT molecular complexity index is 451. The number of aryl methyl sites for hydroxylation is 1. The van der Waals surface area contributed by atoms with E-state index in [0.717, 1.165) is 16.5 Å². The van der Waals surface area contributed by atoms with Crippen LogP contribution in [0.25, 0.3) is 0 Å². The van der Waals surface area contributed by atoms with E-state index in [9.17, 15) is 10.1 Å². The Morgan fingerprint density at radius 1 is 1.44 bits per heavy atom. The molecule has 1 N–H and O–H groups in total. The zero-order valence-electron chi connectivity index (χ0n) is 10.7. The minimum absolute atomic E-state index is 0.159. The van der Waals surface area contributed by atoms with Crippen molar-refractivity contribution >= 4 is 23.1 Å². The molecule has 0 heterocycles. The van der Waals surface area contributed by atoms with E-state index >= 15 is 0 Å². The minimum Gasteiger partial charge on any atom is -0.382 e. The molecule has 2 unspecified atom stereocenters. The van der Waals surface area contributed by atoms with Crippen molar-refractivity contribution in [2.24, 2.45) is 0 Å². The molecule has 0 radical (unpaired) electrons. The maximum absolute atomic E-state index is 10.7. The standard InChI is InChI=1S/C13H18N2O2S/c1-9-7-11(15(16)17)4-6-13(9)14-10-3-5-12(8-10)18-2/h4,6-7,10,12,14H,3,5,8H2,1-2H3. The second kappa shape index (κ2) is 5.61. The Kier molecular flexibility index (Phi) is 4.11. The molecule has 98 valence electrons. The molecular formula is C13H18N2O2S. The molecule has 1 aliphatic carbocycles. The maximum Gasteiger partial charge on any atom is 0.269 e. The van der Waals surface area contributed by atoms with Gasteiger partial charge in [-0.25, -0.2) is 0 Å². The number of nitro groups is 1. The molecule has 0 bridgehead atoms. The molecule has 0 spiro atoms. The second-order valence-corrected chi connectivity index (χ2v) is 5.91. The molecule has 0 saturated heterocycles. The van der Waals surface area contributed by atoms with Crippen molar-refractivity contribution in [1.82, 2.24) is 0 Å². The van der Waals surface area contributed by atoms with Gasteiger partial charge >= 0.3 is 0 Å². The topological polar surface area (TPSA) is 55.2 Å². The third kappa shape index (κ3) is 2.96. The van der Waals surface area contributed by atoms with E-state index in [4.69, 9.17) is 0 Å². The summed E-state index contributed by atoms with van der Waals surface area (Å²) >= 11 is 1.93. The van der Waals surface area contributed by atoms with Gasteiger partial charge in [-0.3, -0.25) is 10.1 Å². The molecule has 5 heteroatoms. The van der Waals surface area contributed by atoms with Crippen LogP contribution >= 0.6 is 11.8 Å². The van der Waals surface area contributed by atoms with Crippen LogP contribution < -0.4 is 5.32 Å². The average molecular weight is 266 g/mol. The Morgan fingerprint density at radius 2 is 2.22 bits per heavy atom. The molecule has 2 atom stereocenters. The first-order valence-electron chi connectivity index (χ1n) is 6.14. The van der Waals surface area contributed by atoms with Gasteiger partial charge in [-0.1, -0.05) is 0 Å². The Labute approximate surface area is 111 Å². The maximum atomic E-state index is 10.7. The first kappa shape index (κ1) is 13.2. The van der Waals surface area contributed by atoms with E-state index in [1.165, 1.54) is 19.3 Å². The predicted octanol–water partition coefficient (Wildman–Crippen LogP) is 3.60. The SMILES string of the molecule is CSC1CCC(Nc2ccc([N+](=O)[O-])cc2C)C1. The van der Waals surface area contributed by atoms with E-state index in [2.05, 4.69) is 11.6 Å². The predicted molar refractivity (Wildman–Crippen MR) is 76.4 cm³/mol. The summed E-state index contributed by atoms with van der Waals surface area (Å²) in [5.41, 5.74) is 2.12. The lowest BCUT2D eigenvalue weighted by Crippen LogP contribution is -2.16. The summed E-state index contributed by atoms with van der Waals surface area (Å²) in [5, 5.41) is 14.9. The number of thioether (sulfide) groups is 1. The van der Waals surface area contributed by atoms with Gasteiger partial charge in [0.1, 0.15) is 0 Å². The summed E-state index contributed by atoms with van der Waals surface area (Å²) in [6, 6.07) is 5.52. The number of benzene rings is 1. The molecule has 4 nitrogen and oxygen atoms in total. The fraction of sp³-hybridized carbons (Fsp3) is 0.538. The molecule has 1 fully saturated rings. The highest BCUT2D eigenvalue weighted by molar-refractivity contribution is 7.99. The van der Waals surface area contributed by atoms with Gasteiger partial charge in [-0.05, 0) is 44.1 Å². The number of hydrogen-bond donors (Lipinski definition) is 1.